The van der Waals surface area contributed by atoms with Crippen molar-refractivity contribution >= 4 is 5.91 Å². The van der Waals surface area contributed by atoms with Crippen molar-refractivity contribution in [2.24, 2.45) is 0 Å². The molecule has 16 heavy (non-hydrogen) atoms. The fourth-order valence-electron chi connectivity index (χ4n) is 1.45. The molecule has 0 aromatic heterocycles. The van der Waals surface area contributed by atoms with Gasteiger partial charge in [-0.3, -0.25) is 4.79 Å². The zero-order chi connectivity index (χ0) is 12.2. The summed E-state index contributed by atoms with van der Waals surface area (Å²) in [4.78, 5) is 11.4. The van der Waals surface area contributed by atoms with Gasteiger partial charge in [-0.15, -0.1) is 0 Å². The Hall–Kier alpha value is -1.64. The fraction of sp³-hybridized carbons (Fsp3) is 0.308. The molecule has 2 nitrogen and oxygen atoms in total. The van der Waals surface area contributed by atoms with Crippen LogP contribution in [0.25, 0.3) is 0 Å². The highest BCUT2D eigenvalue weighted by Gasteiger charge is 2.21. The zero-order valence-corrected chi connectivity index (χ0v) is 9.75. The second-order valence-corrected chi connectivity index (χ2v) is 4.12. The van der Waals surface area contributed by atoms with Crippen molar-refractivity contribution in [2.75, 3.05) is 0 Å². The number of benzene rings is 1. The molecule has 1 aromatic rings. The van der Waals surface area contributed by atoms with Crippen molar-refractivity contribution in [1.29, 1.82) is 0 Å². The van der Waals surface area contributed by atoms with Gasteiger partial charge in [-0.1, -0.05) is 18.2 Å². The Morgan fingerprint density at radius 2 is 2.12 bits per heavy atom. The van der Waals surface area contributed by atoms with E-state index in [0.29, 0.717) is 0 Å². The first kappa shape index (κ1) is 12.4. The molecule has 0 saturated heterocycles. The average Bonchev–Trinajstić information content (AvgIpc) is 2.17. The van der Waals surface area contributed by atoms with Gasteiger partial charge in [0.2, 0.25) is 5.91 Å². The molecular formula is C13H16FNO. The van der Waals surface area contributed by atoms with E-state index in [4.69, 9.17) is 0 Å². The van der Waals surface area contributed by atoms with Crippen molar-refractivity contribution in [1.82, 2.24) is 5.32 Å². The predicted octanol–water partition coefficient (Wildman–Crippen LogP) is 2.75. The molecule has 1 amide bonds. The lowest BCUT2D eigenvalue weighted by Crippen LogP contribution is -2.40. The van der Waals surface area contributed by atoms with Crippen LogP contribution in [0, 0.1) is 5.82 Å². The van der Waals surface area contributed by atoms with E-state index in [9.17, 15) is 9.18 Å². The molecule has 1 aromatic carbocycles. The highest BCUT2D eigenvalue weighted by Crippen LogP contribution is 2.20. The maximum absolute atomic E-state index is 13.1. The van der Waals surface area contributed by atoms with Crippen molar-refractivity contribution in [3.63, 3.8) is 0 Å². The monoisotopic (exact) mass is 221 g/mol. The summed E-state index contributed by atoms with van der Waals surface area (Å²) in [6, 6.07) is 6.23. The van der Waals surface area contributed by atoms with E-state index in [1.54, 1.807) is 25.1 Å². The maximum Gasteiger partial charge on any atom is 0.244 e. The number of nitrogens with one attached hydrogen (secondary N) is 1. The van der Waals surface area contributed by atoms with Crippen LogP contribution < -0.4 is 5.32 Å². The quantitative estimate of drug-likeness (QED) is 0.781. The van der Waals surface area contributed by atoms with E-state index in [1.165, 1.54) is 18.2 Å². The van der Waals surface area contributed by atoms with Crippen LogP contribution in [-0.2, 0) is 10.3 Å². The lowest BCUT2D eigenvalue weighted by Gasteiger charge is -2.26. The molecule has 1 N–H and O–H groups in total. The molecule has 0 aliphatic rings. The number of carbonyl (C=O) groups excluding carboxylic acids is 1. The molecule has 1 rings (SSSR count). The van der Waals surface area contributed by atoms with Gasteiger partial charge in [0.25, 0.3) is 0 Å². The molecular weight excluding hydrogens is 205 g/mol. The van der Waals surface area contributed by atoms with E-state index >= 15 is 0 Å². The van der Waals surface area contributed by atoms with Crippen LogP contribution in [0.4, 0.5) is 4.39 Å². The molecule has 0 aliphatic heterocycles. The van der Waals surface area contributed by atoms with Crippen LogP contribution in [0.3, 0.4) is 0 Å². The number of carbonyl (C=O) groups is 1. The van der Waals surface area contributed by atoms with Gasteiger partial charge in [-0.05, 0) is 44.5 Å². The van der Waals surface area contributed by atoms with Crippen molar-refractivity contribution in [3.05, 3.63) is 47.8 Å². The minimum atomic E-state index is -0.585. The van der Waals surface area contributed by atoms with Crippen molar-refractivity contribution < 1.29 is 9.18 Å². The van der Waals surface area contributed by atoms with Crippen molar-refractivity contribution in [2.45, 2.75) is 26.3 Å². The molecule has 0 atom stereocenters. The van der Waals surface area contributed by atoms with Crippen LogP contribution in [-0.4, -0.2) is 5.91 Å². The third-order valence-electron chi connectivity index (χ3n) is 2.30. The molecule has 86 valence electrons. The van der Waals surface area contributed by atoms with Gasteiger partial charge < -0.3 is 5.32 Å². The molecule has 0 aliphatic carbocycles. The molecule has 0 heterocycles. The number of rotatable bonds is 3. The standard InChI is InChI=1S/C13H16FNO/c1-4-6-12(16)15-13(2,3)10-7-5-8-11(14)9-10/h4-9H,1-3H3,(H,15,16)/b6-4+. The second kappa shape index (κ2) is 4.92. The number of hydrogen-bond acceptors (Lipinski definition) is 1. The van der Waals surface area contributed by atoms with Gasteiger partial charge in [0.05, 0.1) is 5.54 Å². The lowest BCUT2D eigenvalue weighted by atomic mass is 9.94. The minimum Gasteiger partial charge on any atom is -0.344 e. The Balaban J connectivity index is 2.89. The van der Waals surface area contributed by atoms with Gasteiger partial charge in [0.1, 0.15) is 5.82 Å². The Kier molecular flexibility index (Phi) is 3.82. The third-order valence-corrected chi connectivity index (χ3v) is 2.30. The highest BCUT2D eigenvalue weighted by atomic mass is 19.1. The van der Waals surface area contributed by atoms with Gasteiger partial charge in [-0.2, -0.15) is 0 Å². The molecule has 0 unspecified atom stereocenters. The first-order valence-electron chi connectivity index (χ1n) is 5.16. The van der Waals surface area contributed by atoms with Gasteiger partial charge in [0, 0.05) is 0 Å². The third kappa shape index (κ3) is 3.19. The van der Waals surface area contributed by atoms with Crippen LogP contribution >= 0.6 is 0 Å². The summed E-state index contributed by atoms with van der Waals surface area (Å²) in [5, 5.41) is 2.81. The van der Waals surface area contributed by atoms with Gasteiger partial charge in [0.15, 0.2) is 0 Å². The number of halogens is 1. The molecule has 0 spiro atoms. The van der Waals surface area contributed by atoms with Crippen LogP contribution in [0.15, 0.2) is 36.4 Å². The second-order valence-electron chi connectivity index (χ2n) is 4.12. The van der Waals surface area contributed by atoms with Crippen molar-refractivity contribution in [3.8, 4) is 0 Å². The summed E-state index contributed by atoms with van der Waals surface area (Å²) < 4.78 is 13.1. The Morgan fingerprint density at radius 3 is 2.69 bits per heavy atom. The van der Waals surface area contributed by atoms with Crippen LogP contribution in [0.1, 0.15) is 26.3 Å². The number of allylic oxidation sites excluding steroid dienone is 1. The Labute approximate surface area is 95.2 Å². The normalized spacial score (nSPS) is 11.8. The molecule has 0 saturated carbocycles. The maximum atomic E-state index is 13.1. The first-order chi connectivity index (χ1) is 7.45. The van der Waals surface area contributed by atoms with E-state index < -0.39 is 5.54 Å². The average molecular weight is 221 g/mol. The summed E-state index contributed by atoms with van der Waals surface area (Å²) in [5.41, 5.74) is 0.156. The Bertz CT molecular complexity index is 410. The van der Waals surface area contributed by atoms with Crippen LogP contribution in [0.2, 0.25) is 0 Å². The molecule has 0 fully saturated rings. The lowest BCUT2D eigenvalue weighted by molar-refractivity contribution is -0.118. The van der Waals surface area contributed by atoms with E-state index in [2.05, 4.69) is 5.32 Å². The summed E-state index contributed by atoms with van der Waals surface area (Å²) >= 11 is 0. The molecule has 0 radical (unpaired) electrons. The minimum absolute atomic E-state index is 0.184. The number of amides is 1. The Morgan fingerprint density at radius 1 is 1.44 bits per heavy atom. The summed E-state index contributed by atoms with van der Waals surface area (Å²) in [7, 11) is 0. The molecule has 3 heteroatoms. The SMILES string of the molecule is C/C=C/C(=O)NC(C)(C)c1cccc(F)c1. The largest absolute Gasteiger partial charge is 0.344 e. The topological polar surface area (TPSA) is 29.1 Å². The van der Waals surface area contributed by atoms with E-state index in [1.807, 2.05) is 13.8 Å². The molecule has 0 bridgehead atoms. The zero-order valence-electron chi connectivity index (χ0n) is 9.75. The summed E-state index contributed by atoms with van der Waals surface area (Å²) in [6.07, 6.45) is 3.11. The fourth-order valence-corrected chi connectivity index (χ4v) is 1.45. The number of hydrogen-bond donors (Lipinski definition) is 1. The van der Waals surface area contributed by atoms with Gasteiger partial charge in [-0.25, -0.2) is 4.39 Å². The summed E-state index contributed by atoms with van der Waals surface area (Å²) in [5.74, 6) is -0.484. The highest BCUT2D eigenvalue weighted by molar-refractivity contribution is 5.88. The van der Waals surface area contributed by atoms with E-state index in [0.717, 1.165) is 5.56 Å². The van der Waals surface area contributed by atoms with E-state index in [-0.39, 0.29) is 11.7 Å². The van der Waals surface area contributed by atoms with Gasteiger partial charge >= 0.3 is 0 Å². The predicted molar refractivity (Wildman–Crippen MR) is 62.4 cm³/mol. The summed E-state index contributed by atoms with van der Waals surface area (Å²) in [6.45, 7) is 5.45. The first-order valence-corrected chi connectivity index (χ1v) is 5.16. The van der Waals surface area contributed by atoms with Crippen LogP contribution in [0.5, 0.6) is 0 Å². The smallest absolute Gasteiger partial charge is 0.244 e.